The fourth-order valence-corrected chi connectivity index (χ4v) is 0.912. The number of hydrogen-bond donors (Lipinski definition) is 0. The first-order chi connectivity index (χ1) is 5.47. The monoisotopic (exact) mass is 149 g/mol. The average Bonchev–Trinajstić information content (AvgIpc) is 2.28. The lowest BCUT2D eigenvalue weighted by Crippen LogP contribution is -1.88. The van der Waals surface area contributed by atoms with Crippen LogP contribution in [0.5, 0.6) is 5.75 Å². The second-order valence-corrected chi connectivity index (χ2v) is 2.18. The Hall–Kier alpha value is -1.51. The van der Waals surface area contributed by atoms with Crippen molar-refractivity contribution < 1.29 is 9.47 Å². The molecule has 0 N–H and O–H groups in total. The molecular weight excluding hydrogens is 142 g/mol. The lowest BCUT2D eigenvalue weighted by Gasteiger charge is -2.01. The maximum absolute atomic E-state index is 5.18. The van der Waals surface area contributed by atoms with Gasteiger partial charge in [-0.3, -0.25) is 4.98 Å². The maximum Gasteiger partial charge on any atom is 0.151 e. The van der Waals surface area contributed by atoms with Crippen LogP contribution < -0.4 is 4.74 Å². The fourth-order valence-electron chi connectivity index (χ4n) is 0.912. The van der Waals surface area contributed by atoms with Crippen LogP contribution in [0, 0.1) is 0 Å². The Morgan fingerprint density at radius 2 is 2.36 bits per heavy atom. The van der Waals surface area contributed by atoms with Crippen LogP contribution in [0.25, 0.3) is 0 Å². The van der Waals surface area contributed by atoms with Gasteiger partial charge in [0.2, 0.25) is 0 Å². The van der Waals surface area contributed by atoms with Crippen molar-refractivity contribution in [2.75, 3.05) is 0 Å². The zero-order valence-electron chi connectivity index (χ0n) is 5.86. The molecule has 0 spiro atoms. The number of ether oxygens (including phenoxy) is 2. The summed E-state index contributed by atoms with van der Waals surface area (Å²) in [7, 11) is 0. The summed E-state index contributed by atoms with van der Waals surface area (Å²) < 4.78 is 10.3. The number of pyridine rings is 1. The Kier molecular flexibility index (Phi) is 1.48. The summed E-state index contributed by atoms with van der Waals surface area (Å²) in [4.78, 5) is 3.93. The molecule has 1 aliphatic rings. The Balaban J connectivity index is 2.40. The van der Waals surface area contributed by atoms with Crippen LogP contribution in [0.2, 0.25) is 0 Å². The molecule has 0 fully saturated rings. The smallest absolute Gasteiger partial charge is 0.151 e. The molecule has 2 heterocycles. The van der Waals surface area contributed by atoms with E-state index in [0.717, 1.165) is 11.3 Å². The fraction of sp³-hybridized carbons (Fsp3) is 0.125. The van der Waals surface area contributed by atoms with Crippen LogP contribution in [0.1, 0.15) is 5.56 Å². The van der Waals surface area contributed by atoms with Crippen molar-refractivity contribution in [2.45, 2.75) is 6.61 Å². The molecule has 11 heavy (non-hydrogen) atoms. The predicted molar refractivity (Wildman–Crippen MR) is 38.8 cm³/mol. The molecule has 1 aromatic rings. The number of aromatic nitrogens is 1. The molecule has 0 saturated heterocycles. The van der Waals surface area contributed by atoms with Gasteiger partial charge in [-0.1, -0.05) is 0 Å². The van der Waals surface area contributed by atoms with Crippen molar-refractivity contribution in [1.29, 1.82) is 0 Å². The highest BCUT2D eigenvalue weighted by Gasteiger charge is 2.04. The first kappa shape index (κ1) is 6.22. The second kappa shape index (κ2) is 2.62. The maximum atomic E-state index is 5.18. The molecule has 0 radical (unpaired) electrons. The van der Waals surface area contributed by atoms with Gasteiger partial charge in [0.15, 0.2) is 5.75 Å². The molecule has 3 heteroatoms. The summed E-state index contributed by atoms with van der Waals surface area (Å²) in [5, 5.41) is 0. The lowest BCUT2D eigenvalue weighted by atomic mass is 10.3. The van der Waals surface area contributed by atoms with Crippen molar-refractivity contribution in [3.63, 3.8) is 0 Å². The van der Waals surface area contributed by atoms with E-state index in [4.69, 9.17) is 9.47 Å². The van der Waals surface area contributed by atoms with Crippen LogP contribution in [0.15, 0.2) is 31.0 Å². The van der Waals surface area contributed by atoms with E-state index in [1.54, 1.807) is 12.4 Å². The molecule has 1 aliphatic heterocycles. The van der Waals surface area contributed by atoms with Gasteiger partial charge in [-0.2, -0.15) is 0 Å². The van der Waals surface area contributed by atoms with Crippen LogP contribution in [-0.2, 0) is 11.3 Å². The van der Waals surface area contributed by atoms with Gasteiger partial charge in [-0.15, -0.1) is 0 Å². The topological polar surface area (TPSA) is 31.4 Å². The summed E-state index contributed by atoms with van der Waals surface area (Å²) in [6.07, 6.45) is 6.43. The number of fused-ring (bicyclic) bond motifs is 1. The molecule has 0 saturated carbocycles. The van der Waals surface area contributed by atoms with Crippen molar-refractivity contribution in [3.8, 4) is 5.75 Å². The Bertz CT molecular complexity index is 283. The van der Waals surface area contributed by atoms with Gasteiger partial charge < -0.3 is 9.47 Å². The van der Waals surface area contributed by atoms with Gasteiger partial charge in [0.05, 0.1) is 6.20 Å². The van der Waals surface area contributed by atoms with E-state index in [0.29, 0.717) is 6.61 Å². The van der Waals surface area contributed by atoms with Crippen LogP contribution >= 0.6 is 0 Å². The zero-order chi connectivity index (χ0) is 7.52. The number of rotatable bonds is 0. The van der Waals surface area contributed by atoms with E-state index in [1.807, 2.05) is 6.07 Å². The quantitative estimate of drug-likeness (QED) is 0.559. The summed E-state index contributed by atoms with van der Waals surface area (Å²) in [5.74, 6) is 0.765. The van der Waals surface area contributed by atoms with E-state index in [2.05, 4.69) is 4.98 Å². The SMILES string of the molecule is C1=COc2cnccc2CO1. The molecule has 56 valence electrons. The van der Waals surface area contributed by atoms with E-state index < -0.39 is 0 Å². The molecular formula is C8H7NO2. The summed E-state index contributed by atoms with van der Waals surface area (Å²) >= 11 is 0. The summed E-state index contributed by atoms with van der Waals surface area (Å²) in [6.45, 7) is 0.550. The largest absolute Gasteiger partial charge is 0.493 e. The zero-order valence-corrected chi connectivity index (χ0v) is 5.86. The summed E-state index contributed by atoms with van der Waals surface area (Å²) in [5.41, 5.74) is 1.02. The minimum atomic E-state index is 0.550. The molecule has 0 bridgehead atoms. The van der Waals surface area contributed by atoms with Gasteiger partial charge in [0.25, 0.3) is 0 Å². The second-order valence-electron chi connectivity index (χ2n) is 2.18. The third-order valence-corrected chi connectivity index (χ3v) is 1.46. The Morgan fingerprint density at radius 1 is 1.36 bits per heavy atom. The number of hydrogen-bond acceptors (Lipinski definition) is 3. The molecule has 0 aromatic carbocycles. The molecule has 0 atom stereocenters. The van der Waals surface area contributed by atoms with Crippen LogP contribution in [-0.4, -0.2) is 4.98 Å². The molecule has 3 nitrogen and oxygen atoms in total. The third-order valence-electron chi connectivity index (χ3n) is 1.46. The van der Waals surface area contributed by atoms with E-state index >= 15 is 0 Å². The highest BCUT2D eigenvalue weighted by Crippen LogP contribution is 2.19. The standard InChI is InChI=1S/C8H7NO2/c1-2-9-5-8-7(1)6-10-3-4-11-8/h1-5H,6H2. The summed E-state index contributed by atoms with van der Waals surface area (Å²) in [6, 6.07) is 1.88. The van der Waals surface area contributed by atoms with Gasteiger partial charge in [-0.25, -0.2) is 0 Å². The van der Waals surface area contributed by atoms with Gasteiger partial charge in [-0.05, 0) is 6.07 Å². The van der Waals surface area contributed by atoms with E-state index in [-0.39, 0.29) is 0 Å². The molecule has 2 rings (SSSR count). The normalized spacial score (nSPS) is 14.2. The lowest BCUT2D eigenvalue weighted by molar-refractivity contribution is 0.237. The Labute approximate surface area is 64.3 Å². The van der Waals surface area contributed by atoms with Gasteiger partial charge >= 0.3 is 0 Å². The van der Waals surface area contributed by atoms with Crippen molar-refractivity contribution >= 4 is 0 Å². The van der Waals surface area contributed by atoms with Crippen molar-refractivity contribution in [1.82, 2.24) is 4.98 Å². The van der Waals surface area contributed by atoms with Crippen LogP contribution in [0.4, 0.5) is 0 Å². The minimum Gasteiger partial charge on any atom is -0.493 e. The third kappa shape index (κ3) is 1.17. The minimum absolute atomic E-state index is 0.550. The molecule has 0 amide bonds. The Morgan fingerprint density at radius 3 is 3.36 bits per heavy atom. The predicted octanol–water partition coefficient (Wildman–Crippen LogP) is 1.46. The molecule has 1 aromatic heterocycles. The average molecular weight is 149 g/mol. The van der Waals surface area contributed by atoms with Crippen LogP contribution in [0.3, 0.4) is 0 Å². The van der Waals surface area contributed by atoms with Gasteiger partial charge in [0, 0.05) is 11.8 Å². The van der Waals surface area contributed by atoms with E-state index in [1.165, 1.54) is 12.5 Å². The molecule has 0 aliphatic carbocycles. The first-order valence-electron chi connectivity index (χ1n) is 3.33. The highest BCUT2D eigenvalue weighted by atomic mass is 16.5. The highest BCUT2D eigenvalue weighted by molar-refractivity contribution is 5.30. The van der Waals surface area contributed by atoms with Crippen molar-refractivity contribution in [2.24, 2.45) is 0 Å². The van der Waals surface area contributed by atoms with E-state index in [9.17, 15) is 0 Å². The number of nitrogens with zero attached hydrogens (tertiary/aromatic N) is 1. The van der Waals surface area contributed by atoms with Crippen molar-refractivity contribution in [3.05, 3.63) is 36.5 Å². The van der Waals surface area contributed by atoms with Gasteiger partial charge in [0.1, 0.15) is 19.1 Å². The first-order valence-corrected chi connectivity index (χ1v) is 3.33. The molecule has 0 unspecified atom stereocenters.